The molecule has 0 aliphatic heterocycles. The number of pyridine rings is 1. The Balaban J connectivity index is 1.60. The van der Waals surface area contributed by atoms with Crippen LogP contribution in [0.4, 0.5) is 0 Å². The molecule has 1 saturated carbocycles. The fourth-order valence-electron chi connectivity index (χ4n) is 3.78. The third-order valence-corrected chi connectivity index (χ3v) is 5.54. The van der Waals surface area contributed by atoms with Gasteiger partial charge in [0.05, 0.1) is 11.1 Å². The zero-order chi connectivity index (χ0) is 17.4. The normalized spacial score (nSPS) is 25.2. The molecule has 1 fully saturated rings. The summed E-state index contributed by atoms with van der Waals surface area (Å²) < 4.78 is 5.59. The van der Waals surface area contributed by atoms with Gasteiger partial charge in [0.25, 0.3) is 0 Å². The van der Waals surface area contributed by atoms with Crippen molar-refractivity contribution >= 4 is 10.9 Å². The van der Waals surface area contributed by atoms with Crippen molar-refractivity contribution in [1.82, 2.24) is 15.1 Å². The molecule has 1 aliphatic carbocycles. The summed E-state index contributed by atoms with van der Waals surface area (Å²) in [5, 5.41) is 15.4. The molecule has 1 unspecified atom stereocenters. The minimum atomic E-state index is -0.522. The van der Waals surface area contributed by atoms with E-state index in [2.05, 4.69) is 22.0 Å². The van der Waals surface area contributed by atoms with Gasteiger partial charge in [0, 0.05) is 23.1 Å². The maximum atomic E-state index is 10.1. The van der Waals surface area contributed by atoms with Crippen molar-refractivity contribution in [3.05, 3.63) is 42.4 Å². The third kappa shape index (κ3) is 3.16. The fraction of sp³-hybridized carbons (Fsp3) is 0.450. The molecular formula is C20H23N3O2. The van der Waals surface area contributed by atoms with E-state index in [1.807, 2.05) is 37.3 Å². The third-order valence-electron chi connectivity index (χ3n) is 5.54. The molecule has 5 nitrogen and oxygen atoms in total. The molecule has 0 saturated heterocycles. The predicted molar refractivity (Wildman–Crippen MR) is 96.0 cm³/mol. The van der Waals surface area contributed by atoms with Crippen molar-refractivity contribution in [3.63, 3.8) is 0 Å². The minimum absolute atomic E-state index is 0.199. The highest BCUT2D eigenvalue weighted by molar-refractivity contribution is 5.92. The van der Waals surface area contributed by atoms with Crippen LogP contribution in [-0.2, 0) is 0 Å². The van der Waals surface area contributed by atoms with Gasteiger partial charge in [-0.3, -0.25) is 4.98 Å². The van der Waals surface area contributed by atoms with Gasteiger partial charge in [-0.25, -0.2) is 0 Å². The maximum absolute atomic E-state index is 10.1. The lowest BCUT2D eigenvalue weighted by Crippen LogP contribution is -2.31. The van der Waals surface area contributed by atoms with Crippen molar-refractivity contribution in [3.8, 4) is 11.4 Å². The lowest BCUT2D eigenvalue weighted by Gasteiger charge is -2.34. The molecule has 4 rings (SSSR count). The Morgan fingerprint density at radius 3 is 2.76 bits per heavy atom. The summed E-state index contributed by atoms with van der Waals surface area (Å²) in [6, 6.07) is 9.90. The predicted octanol–water partition coefficient (Wildman–Crippen LogP) is 4.33. The first kappa shape index (κ1) is 16.2. The number of nitrogens with zero attached hydrogens (tertiary/aromatic N) is 3. The molecular weight excluding hydrogens is 314 g/mol. The van der Waals surface area contributed by atoms with Crippen LogP contribution in [0.5, 0.6) is 0 Å². The van der Waals surface area contributed by atoms with E-state index < -0.39 is 5.60 Å². The second kappa shape index (κ2) is 6.23. The first-order valence-corrected chi connectivity index (χ1v) is 8.94. The van der Waals surface area contributed by atoms with E-state index in [0.29, 0.717) is 17.6 Å². The molecule has 3 aromatic rings. The van der Waals surface area contributed by atoms with Gasteiger partial charge in [0.1, 0.15) is 0 Å². The number of aromatic nitrogens is 3. The van der Waals surface area contributed by atoms with E-state index in [1.165, 1.54) is 0 Å². The molecule has 1 aromatic carbocycles. The lowest BCUT2D eigenvalue weighted by molar-refractivity contribution is 0.00358. The monoisotopic (exact) mass is 337 g/mol. The Morgan fingerprint density at radius 2 is 1.96 bits per heavy atom. The molecule has 1 atom stereocenters. The SMILES string of the molecule is CC(c1nc(-c2ccnc3ccccc23)no1)C1CCC(C)(O)CC1. The molecule has 1 aliphatic rings. The summed E-state index contributed by atoms with van der Waals surface area (Å²) in [6.07, 6.45) is 5.42. The first-order valence-electron chi connectivity index (χ1n) is 8.94. The number of fused-ring (bicyclic) bond motifs is 1. The fourth-order valence-corrected chi connectivity index (χ4v) is 3.78. The molecule has 25 heavy (non-hydrogen) atoms. The molecule has 0 amide bonds. The van der Waals surface area contributed by atoms with Gasteiger partial charge in [-0.05, 0) is 50.7 Å². The number of hydrogen-bond acceptors (Lipinski definition) is 5. The van der Waals surface area contributed by atoms with E-state index in [9.17, 15) is 5.11 Å². The second-order valence-electron chi connectivity index (χ2n) is 7.45. The zero-order valence-electron chi connectivity index (χ0n) is 14.6. The van der Waals surface area contributed by atoms with Crippen LogP contribution in [0.25, 0.3) is 22.3 Å². The highest BCUT2D eigenvalue weighted by Gasteiger charge is 2.33. The molecule has 5 heteroatoms. The largest absolute Gasteiger partial charge is 0.390 e. The van der Waals surface area contributed by atoms with Crippen molar-refractivity contribution in [2.45, 2.75) is 51.0 Å². The van der Waals surface area contributed by atoms with Crippen LogP contribution in [-0.4, -0.2) is 25.8 Å². The van der Waals surface area contributed by atoms with Gasteiger partial charge in [-0.15, -0.1) is 0 Å². The summed E-state index contributed by atoms with van der Waals surface area (Å²) in [6.45, 7) is 4.07. The minimum Gasteiger partial charge on any atom is -0.390 e. The topological polar surface area (TPSA) is 72.0 Å². The van der Waals surface area contributed by atoms with Gasteiger partial charge >= 0.3 is 0 Å². The Kier molecular flexibility index (Phi) is 4.04. The van der Waals surface area contributed by atoms with E-state index in [1.54, 1.807) is 6.20 Å². The smallest absolute Gasteiger partial charge is 0.230 e. The first-order chi connectivity index (χ1) is 12.0. The van der Waals surface area contributed by atoms with Crippen molar-refractivity contribution < 1.29 is 9.63 Å². The van der Waals surface area contributed by atoms with Gasteiger partial charge in [0.2, 0.25) is 11.7 Å². The molecule has 0 bridgehead atoms. The van der Waals surface area contributed by atoms with Crippen molar-refractivity contribution in [2.24, 2.45) is 5.92 Å². The maximum Gasteiger partial charge on any atom is 0.230 e. The van der Waals surface area contributed by atoms with Crippen LogP contribution in [0, 0.1) is 5.92 Å². The highest BCUT2D eigenvalue weighted by atomic mass is 16.5. The van der Waals surface area contributed by atoms with Gasteiger partial charge in [-0.2, -0.15) is 4.98 Å². The van der Waals surface area contributed by atoms with Gasteiger partial charge in [0.15, 0.2) is 0 Å². The average molecular weight is 337 g/mol. The Morgan fingerprint density at radius 1 is 1.20 bits per heavy atom. The van der Waals surface area contributed by atoms with E-state index in [0.717, 1.165) is 42.1 Å². The van der Waals surface area contributed by atoms with Crippen LogP contribution in [0.3, 0.4) is 0 Å². The average Bonchev–Trinajstić information content (AvgIpc) is 3.10. The van der Waals surface area contributed by atoms with Crippen molar-refractivity contribution in [1.29, 1.82) is 0 Å². The molecule has 2 heterocycles. The van der Waals surface area contributed by atoms with E-state index >= 15 is 0 Å². The standard InChI is InChI=1S/C20H23N3O2/c1-13(14-7-10-20(2,24)11-8-14)19-22-18(23-25-19)16-9-12-21-17-6-4-3-5-15(16)17/h3-6,9,12-14,24H,7-8,10-11H2,1-2H3. The zero-order valence-corrected chi connectivity index (χ0v) is 14.6. The Labute approximate surface area is 147 Å². The summed E-state index contributed by atoms with van der Waals surface area (Å²) in [4.78, 5) is 9.06. The number of hydrogen-bond donors (Lipinski definition) is 1. The molecule has 0 spiro atoms. The summed E-state index contributed by atoms with van der Waals surface area (Å²) >= 11 is 0. The summed E-state index contributed by atoms with van der Waals surface area (Å²) in [5.74, 6) is 1.97. The highest BCUT2D eigenvalue weighted by Crippen LogP contribution is 2.39. The van der Waals surface area contributed by atoms with Crippen LogP contribution >= 0.6 is 0 Å². The number of rotatable bonds is 3. The summed E-state index contributed by atoms with van der Waals surface area (Å²) in [7, 11) is 0. The van der Waals surface area contributed by atoms with Crippen molar-refractivity contribution in [2.75, 3.05) is 0 Å². The Hall–Kier alpha value is -2.27. The molecule has 0 radical (unpaired) electrons. The van der Waals surface area contributed by atoms with Crippen LogP contribution in [0.2, 0.25) is 0 Å². The van der Waals surface area contributed by atoms with Gasteiger partial charge < -0.3 is 9.63 Å². The molecule has 130 valence electrons. The number of aliphatic hydroxyl groups is 1. The lowest BCUT2D eigenvalue weighted by atomic mass is 9.75. The quantitative estimate of drug-likeness (QED) is 0.770. The van der Waals surface area contributed by atoms with E-state index in [-0.39, 0.29) is 5.92 Å². The Bertz CT molecular complexity index is 872. The van der Waals surface area contributed by atoms with Crippen LogP contribution < -0.4 is 0 Å². The summed E-state index contributed by atoms with van der Waals surface area (Å²) in [5.41, 5.74) is 1.35. The second-order valence-corrected chi connectivity index (χ2v) is 7.45. The van der Waals surface area contributed by atoms with Gasteiger partial charge in [-0.1, -0.05) is 30.3 Å². The van der Waals surface area contributed by atoms with E-state index in [4.69, 9.17) is 4.52 Å². The van der Waals surface area contributed by atoms with Crippen LogP contribution in [0.15, 0.2) is 41.1 Å². The number of benzene rings is 1. The van der Waals surface area contributed by atoms with Crippen LogP contribution in [0.1, 0.15) is 51.3 Å². The molecule has 2 aromatic heterocycles. The molecule has 1 N–H and O–H groups in total. The number of para-hydroxylation sites is 1.